The summed E-state index contributed by atoms with van der Waals surface area (Å²) in [6.07, 6.45) is 0. The molecule has 0 atom stereocenters. The van der Waals surface area contributed by atoms with E-state index in [1.807, 2.05) is 6.07 Å². The quantitative estimate of drug-likeness (QED) is 0.483. The summed E-state index contributed by atoms with van der Waals surface area (Å²) in [7, 11) is 0. The van der Waals surface area contributed by atoms with Gasteiger partial charge in [-0.05, 0) is 23.1 Å². The second-order valence-electron chi connectivity index (χ2n) is 3.95. The van der Waals surface area contributed by atoms with Crippen LogP contribution in [0, 0.1) is 0 Å². The predicted octanol–water partition coefficient (Wildman–Crippen LogP) is 1.75. The van der Waals surface area contributed by atoms with E-state index in [1.165, 1.54) is 6.07 Å². The van der Waals surface area contributed by atoms with Crippen molar-refractivity contribution in [2.24, 2.45) is 0 Å². The van der Waals surface area contributed by atoms with Crippen molar-refractivity contribution in [1.82, 2.24) is 0 Å². The van der Waals surface area contributed by atoms with Gasteiger partial charge in [-0.1, -0.05) is 26.8 Å². The molecule has 1 aromatic carbocycles. The van der Waals surface area contributed by atoms with Crippen LogP contribution in [0.1, 0.15) is 26.3 Å². The van der Waals surface area contributed by atoms with Gasteiger partial charge in [-0.3, -0.25) is 0 Å². The van der Waals surface area contributed by atoms with Gasteiger partial charge in [0.05, 0.1) is 0 Å². The molecule has 0 aromatic heterocycles. The molecule has 68 valence electrons. The molecule has 0 saturated carbocycles. The number of benzene rings is 1. The number of aromatic hydroxyl groups is 2. The second-order valence-corrected chi connectivity index (χ2v) is 3.95. The van der Waals surface area contributed by atoms with Crippen molar-refractivity contribution in [2.75, 3.05) is 0 Å². The fourth-order valence-corrected chi connectivity index (χ4v) is 0.990. The minimum absolute atomic E-state index is 0. The number of hydrogen-bond acceptors (Lipinski definition) is 2. The van der Waals surface area contributed by atoms with Gasteiger partial charge in [-0.2, -0.15) is 0 Å². The molecule has 2 N–H and O–H groups in total. The monoisotopic (exact) mass is 190 g/mol. The molecule has 0 amide bonds. The van der Waals surface area contributed by atoms with Gasteiger partial charge >= 0.3 is 29.6 Å². The van der Waals surface area contributed by atoms with Crippen LogP contribution in [-0.4, -0.2) is 39.8 Å². The summed E-state index contributed by atoms with van der Waals surface area (Å²) in [6.45, 7) is 6.16. The van der Waals surface area contributed by atoms with Crippen LogP contribution in [0.5, 0.6) is 11.5 Å². The maximum atomic E-state index is 9.21. The first-order chi connectivity index (χ1) is 5.41. The Labute approximate surface area is 101 Å². The molecule has 0 saturated heterocycles. The number of hydrogen-bond donors (Lipinski definition) is 2. The SMILES string of the molecule is CC(C)(C)c1ccc(O)c(O)c1.[NaH]. The Bertz CT molecular complexity index is 289. The van der Waals surface area contributed by atoms with Gasteiger partial charge in [0.25, 0.3) is 0 Å². The fourth-order valence-electron chi connectivity index (χ4n) is 0.990. The van der Waals surface area contributed by atoms with Crippen LogP contribution in [0.15, 0.2) is 18.2 Å². The molecular formula is C10H15NaO2. The first-order valence-corrected chi connectivity index (χ1v) is 3.94. The summed E-state index contributed by atoms with van der Waals surface area (Å²) >= 11 is 0. The zero-order valence-corrected chi connectivity index (χ0v) is 7.63. The van der Waals surface area contributed by atoms with E-state index < -0.39 is 0 Å². The standard InChI is InChI=1S/C10H14O2.Na.H/c1-10(2,3)7-4-5-8(11)9(12)6-7;;/h4-6,11-12H,1-3H3;;. The van der Waals surface area contributed by atoms with Crippen LogP contribution in [0.4, 0.5) is 0 Å². The molecule has 1 aromatic rings. The Balaban J connectivity index is 0.00000144. The summed E-state index contributed by atoms with van der Waals surface area (Å²) in [5.41, 5.74) is 1.02. The summed E-state index contributed by atoms with van der Waals surface area (Å²) in [5, 5.41) is 18.3. The molecule has 0 unspecified atom stereocenters. The molecule has 0 aliphatic heterocycles. The van der Waals surface area contributed by atoms with Gasteiger partial charge in [-0.15, -0.1) is 0 Å². The van der Waals surface area contributed by atoms with Crippen molar-refractivity contribution in [3.8, 4) is 11.5 Å². The first-order valence-electron chi connectivity index (χ1n) is 3.94. The summed E-state index contributed by atoms with van der Waals surface area (Å²) < 4.78 is 0. The molecule has 0 fully saturated rings. The molecule has 3 heteroatoms. The molecule has 0 aliphatic rings. The molecule has 0 radical (unpaired) electrons. The number of phenols is 2. The van der Waals surface area contributed by atoms with Gasteiger partial charge in [0.2, 0.25) is 0 Å². The molecule has 2 nitrogen and oxygen atoms in total. The van der Waals surface area contributed by atoms with Crippen LogP contribution in [0.2, 0.25) is 0 Å². The molecule has 0 spiro atoms. The number of rotatable bonds is 0. The van der Waals surface area contributed by atoms with Gasteiger partial charge in [0.1, 0.15) is 0 Å². The Morgan fingerprint density at radius 3 is 1.92 bits per heavy atom. The van der Waals surface area contributed by atoms with E-state index in [0.29, 0.717) is 0 Å². The van der Waals surface area contributed by atoms with Crippen molar-refractivity contribution in [2.45, 2.75) is 26.2 Å². The van der Waals surface area contributed by atoms with Crippen LogP contribution < -0.4 is 0 Å². The minimum atomic E-state index is -0.0667. The normalized spacial score (nSPS) is 10.7. The van der Waals surface area contributed by atoms with Gasteiger partial charge in [0, 0.05) is 0 Å². The second kappa shape index (κ2) is 4.36. The fraction of sp³-hybridized carbons (Fsp3) is 0.400. The first kappa shape index (κ1) is 12.8. The van der Waals surface area contributed by atoms with E-state index in [4.69, 9.17) is 5.11 Å². The zero-order valence-electron chi connectivity index (χ0n) is 7.63. The third-order valence-electron chi connectivity index (χ3n) is 1.84. The van der Waals surface area contributed by atoms with Crippen molar-refractivity contribution < 1.29 is 10.2 Å². The van der Waals surface area contributed by atoms with E-state index in [2.05, 4.69) is 20.8 Å². The van der Waals surface area contributed by atoms with Gasteiger partial charge in [0.15, 0.2) is 11.5 Å². The van der Waals surface area contributed by atoms with Crippen LogP contribution in [0.3, 0.4) is 0 Å². The average Bonchev–Trinajstić information content (AvgIpc) is 1.92. The molecule has 13 heavy (non-hydrogen) atoms. The molecule has 0 bridgehead atoms. The van der Waals surface area contributed by atoms with Crippen molar-refractivity contribution in [3.63, 3.8) is 0 Å². The summed E-state index contributed by atoms with van der Waals surface area (Å²) in [6, 6.07) is 4.92. The Morgan fingerprint density at radius 1 is 1.00 bits per heavy atom. The molecule has 0 heterocycles. The number of phenolic OH excluding ortho intramolecular Hbond substituents is 2. The third kappa shape index (κ3) is 3.22. The predicted molar refractivity (Wildman–Crippen MR) is 55.6 cm³/mol. The van der Waals surface area contributed by atoms with Gasteiger partial charge in [-0.25, -0.2) is 0 Å². The molecule has 0 aliphatic carbocycles. The topological polar surface area (TPSA) is 40.5 Å². The molecule has 1 rings (SSSR count). The van der Waals surface area contributed by atoms with Crippen LogP contribution in [-0.2, 0) is 5.41 Å². The summed E-state index contributed by atoms with van der Waals surface area (Å²) in [5.74, 6) is -0.120. The van der Waals surface area contributed by atoms with Crippen molar-refractivity contribution in [3.05, 3.63) is 23.8 Å². The Morgan fingerprint density at radius 2 is 1.54 bits per heavy atom. The van der Waals surface area contributed by atoms with E-state index in [-0.39, 0.29) is 46.5 Å². The Hall–Kier alpha value is -0.180. The van der Waals surface area contributed by atoms with Crippen molar-refractivity contribution in [1.29, 1.82) is 0 Å². The van der Waals surface area contributed by atoms with Crippen LogP contribution in [0.25, 0.3) is 0 Å². The Kier molecular flexibility index (Phi) is 4.30. The van der Waals surface area contributed by atoms with E-state index in [9.17, 15) is 5.11 Å². The zero-order chi connectivity index (χ0) is 9.35. The van der Waals surface area contributed by atoms with Crippen molar-refractivity contribution >= 4 is 29.6 Å². The maximum absolute atomic E-state index is 9.21. The average molecular weight is 190 g/mol. The van der Waals surface area contributed by atoms with Gasteiger partial charge < -0.3 is 10.2 Å². The van der Waals surface area contributed by atoms with Crippen LogP contribution >= 0.6 is 0 Å². The molecular weight excluding hydrogens is 175 g/mol. The van der Waals surface area contributed by atoms with E-state index in [0.717, 1.165) is 5.56 Å². The van der Waals surface area contributed by atoms with E-state index >= 15 is 0 Å². The van der Waals surface area contributed by atoms with E-state index in [1.54, 1.807) is 6.07 Å². The summed E-state index contributed by atoms with van der Waals surface area (Å²) in [4.78, 5) is 0. The third-order valence-corrected chi connectivity index (χ3v) is 1.84.